The fourth-order valence-electron chi connectivity index (χ4n) is 0. The van der Waals surface area contributed by atoms with Crippen molar-refractivity contribution < 1.29 is 76.6 Å². The van der Waals surface area contributed by atoms with Gasteiger partial charge in [-0.1, -0.05) is 0 Å². The largest absolute Gasteiger partial charge is 2.00 e. The molecule has 10 heavy (non-hydrogen) atoms. The van der Waals surface area contributed by atoms with Crippen molar-refractivity contribution in [2.75, 3.05) is 0 Å². The molecule has 0 amide bonds. The molecule has 0 aromatic heterocycles. The van der Waals surface area contributed by atoms with Crippen molar-refractivity contribution >= 4 is 12.3 Å². The number of rotatable bonds is 0. The number of carbonyl (C=O) groups excluding carboxylic acids is 1. The first kappa shape index (κ1) is 22.5. The van der Waals surface area contributed by atoms with Gasteiger partial charge in [-0.05, 0) is 6.16 Å². The van der Waals surface area contributed by atoms with Crippen LogP contribution in [0, 0.1) is 0 Å². The van der Waals surface area contributed by atoms with Crippen molar-refractivity contribution in [3.63, 3.8) is 0 Å². The second-order valence-corrected chi connectivity index (χ2v) is 0.516. The molecule has 0 saturated heterocycles. The van der Waals surface area contributed by atoms with Crippen LogP contribution in [-0.4, -0.2) is 17.4 Å². The summed E-state index contributed by atoms with van der Waals surface area (Å²) in [5.74, 6) is 0. The first-order valence-electron chi connectivity index (χ1n) is 1.24. The van der Waals surface area contributed by atoms with Crippen molar-refractivity contribution in [1.29, 1.82) is 0 Å². The Bertz CT molecular complexity index is 73.7. The first-order valence-corrected chi connectivity index (χ1v) is 1.24. The molecule has 57 valence electrons. The molecule has 0 aromatic rings. The average molecular weight is 208 g/mol. The Morgan fingerprint density at radius 3 is 1.10 bits per heavy atom. The third-order valence-electron chi connectivity index (χ3n) is 0. The Morgan fingerprint density at radius 2 is 1.10 bits per heavy atom. The van der Waals surface area contributed by atoms with Crippen LogP contribution in [0.1, 0.15) is 0 Å². The van der Waals surface area contributed by atoms with Crippen LogP contribution in [0.4, 0.5) is 9.59 Å². The molecular weight excluding hydrogens is 207 g/mol. The van der Waals surface area contributed by atoms with E-state index in [0.29, 0.717) is 0 Å². The van der Waals surface area contributed by atoms with Crippen LogP contribution in [0.15, 0.2) is 0 Å². The van der Waals surface area contributed by atoms with Crippen LogP contribution in [0.3, 0.4) is 0 Å². The van der Waals surface area contributed by atoms with Gasteiger partial charge in [0.25, 0.3) is 0 Å². The van der Waals surface area contributed by atoms with Crippen molar-refractivity contribution in [2.45, 2.75) is 0 Å². The summed E-state index contributed by atoms with van der Waals surface area (Å²) in [4.78, 5) is 16.8. The molecule has 6 nitrogen and oxygen atoms in total. The minimum atomic E-state index is -2.33. The minimum absolute atomic E-state index is 0. The van der Waals surface area contributed by atoms with Gasteiger partial charge in [0.05, 0.1) is 0 Å². The van der Waals surface area contributed by atoms with Crippen molar-refractivity contribution in [3.8, 4) is 0 Å². The standard InChI is InChI=1S/2CH2O3.Cu.Na/c2*2-1(3)4;;/h2*(H2,2,3,4);;/q;;+2;+1/p-3. The Hall–Kier alpha value is 0.0595. The summed E-state index contributed by atoms with van der Waals surface area (Å²) in [6, 6.07) is 0. The molecule has 0 heterocycles. The molecule has 0 saturated carbocycles. The number of hydrogen-bond donors (Lipinski definition) is 1. The van der Waals surface area contributed by atoms with Crippen LogP contribution in [-0.2, 0) is 17.1 Å². The van der Waals surface area contributed by atoms with E-state index in [1.165, 1.54) is 0 Å². The van der Waals surface area contributed by atoms with E-state index in [0.717, 1.165) is 0 Å². The summed E-state index contributed by atoms with van der Waals surface area (Å²) < 4.78 is 0. The molecule has 0 rings (SSSR count). The third kappa shape index (κ3) is 114000. The van der Waals surface area contributed by atoms with E-state index in [9.17, 15) is 0 Å². The molecule has 0 spiro atoms. The molecule has 0 aliphatic rings. The molecule has 0 fully saturated rings. The van der Waals surface area contributed by atoms with Crippen LogP contribution >= 0.6 is 0 Å². The quantitative estimate of drug-likeness (QED) is 0.394. The van der Waals surface area contributed by atoms with Gasteiger partial charge < -0.3 is 30.0 Å². The van der Waals surface area contributed by atoms with Gasteiger partial charge in [-0.25, -0.2) is 0 Å². The SMILES string of the molecule is O=C([O-])O.O=C([O-])[O-].[Cu+2].[Na+]. The summed E-state index contributed by atoms with van der Waals surface area (Å²) in [6.07, 6.45) is -4.42. The molecule has 0 atom stereocenters. The predicted octanol–water partition coefficient (Wildman–Crippen LogP) is -6.56. The molecule has 0 bridgehead atoms. The average Bonchev–Trinajstić information content (AvgIpc) is 1.25. The Kier molecular flexibility index (Phi) is 36.0. The minimum Gasteiger partial charge on any atom is -0.652 e. The number of hydrogen-bond acceptors (Lipinski definition) is 5. The maximum atomic E-state index is 8.44. The molecule has 8 heteroatoms. The van der Waals surface area contributed by atoms with E-state index in [1.807, 2.05) is 0 Å². The van der Waals surface area contributed by atoms with Crippen molar-refractivity contribution in [3.05, 3.63) is 0 Å². The van der Waals surface area contributed by atoms with Gasteiger partial charge in [0, 0.05) is 0 Å². The van der Waals surface area contributed by atoms with Crippen LogP contribution in [0.5, 0.6) is 0 Å². The Balaban J connectivity index is -0.0000000300. The monoisotopic (exact) mass is 207 g/mol. The fourth-order valence-corrected chi connectivity index (χ4v) is 0. The molecule has 0 aliphatic heterocycles. The molecule has 0 aromatic carbocycles. The van der Waals surface area contributed by atoms with E-state index < -0.39 is 12.3 Å². The predicted molar refractivity (Wildman–Crippen MR) is 13.4 cm³/mol. The normalized spacial score (nSPS) is 4.80. The van der Waals surface area contributed by atoms with Gasteiger partial charge >= 0.3 is 46.6 Å². The molecule has 0 unspecified atom stereocenters. The van der Waals surface area contributed by atoms with E-state index in [4.69, 9.17) is 30.0 Å². The van der Waals surface area contributed by atoms with Gasteiger partial charge in [-0.15, -0.1) is 0 Å². The van der Waals surface area contributed by atoms with Gasteiger partial charge in [0.1, 0.15) is 0 Å². The fraction of sp³-hybridized carbons (Fsp3) is 0. The van der Waals surface area contributed by atoms with E-state index >= 15 is 0 Å². The van der Waals surface area contributed by atoms with Crippen molar-refractivity contribution in [1.82, 2.24) is 0 Å². The number of carboxylic acid groups (broad SMARTS) is 4. The second-order valence-electron chi connectivity index (χ2n) is 0.516. The molecule has 0 aliphatic carbocycles. The van der Waals surface area contributed by atoms with E-state index in [2.05, 4.69) is 0 Å². The topological polar surface area (TPSA) is 124 Å². The summed E-state index contributed by atoms with van der Waals surface area (Å²) in [6.45, 7) is 0. The molecular formula is C2HCuNaO6. The molecule has 1 N–H and O–H groups in total. The zero-order valence-corrected chi connectivity index (χ0v) is 7.73. The van der Waals surface area contributed by atoms with Gasteiger partial charge in [0.2, 0.25) is 6.16 Å². The van der Waals surface area contributed by atoms with Crippen LogP contribution < -0.4 is 44.9 Å². The maximum Gasteiger partial charge on any atom is 2.00 e. The van der Waals surface area contributed by atoms with Crippen LogP contribution in [0.2, 0.25) is 0 Å². The number of carbonyl (C=O) groups is 2. The molecule has 1 radical (unpaired) electrons. The third-order valence-corrected chi connectivity index (χ3v) is 0. The zero-order valence-electron chi connectivity index (χ0n) is 4.79. The van der Waals surface area contributed by atoms with Gasteiger partial charge in [-0.2, -0.15) is 0 Å². The summed E-state index contributed by atoms with van der Waals surface area (Å²) >= 11 is 0. The summed E-state index contributed by atoms with van der Waals surface area (Å²) in [5, 5.41) is 32.0. The maximum absolute atomic E-state index is 8.44. The van der Waals surface area contributed by atoms with E-state index in [-0.39, 0.29) is 46.6 Å². The van der Waals surface area contributed by atoms with Crippen molar-refractivity contribution in [2.24, 2.45) is 0 Å². The second kappa shape index (κ2) is 16.0. The van der Waals surface area contributed by atoms with Crippen LogP contribution in [0.25, 0.3) is 0 Å². The zero-order chi connectivity index (χ0) is 7.15. The van der Waals surface area contributed by atoms with Gasteiger partial charge in [-0.3, -0.25) is 0 Å². The smallest absolute Gasteiger partial charge is 0.652 e. The summed E-state index contributed by atoms with van der Waals surface area (Å²) in [7, 11) is 0. The summed E-state index contributed by atoms with van der Waals surface area (Å²) in [5.41, 5.74) is 0. The van der Waals surface area contributed by atoms with E-state index in [1.54, 1.807) is 0 Å². The van der Waals surface area contributed by atoms with Gasteiger partial charge in [0.15, 0.2) is 0 Å². The Morgan fingerprint density at radius 1 is 1.10 bits per heavy atom. The first-order chi connectivity index (χ1) is 3.46. The Labute approximate surface area is 88.6 Å².